The predicted molar refractivity (Wildman–Crippen MR) is 75.6 cm³/mol. The molecule has 2 rings (SSSR count). The van der Waals surface area contributed by atoms with E-state index in [1.165, 1.54) is 5.56 Å². The lowest BCUT2D eigenvalue weighted by atomic mass is 9.96. The highest BCUT2D eigenvalue weighted by Crippen LogP contribution is 2.15. The van der Waals surface area contributed by atoms with Gasteiger partial charge in [-0.2, -0.15) is 0 Å². The summed E-state index contributed by atoms with van der Waals surface area (Å²) in [7, 11) is 0. The lowest BCUT2D eigenvalue weighted by molar-refractivity contribution is -0.125. The molecular formula is C15H24N2O. The maximum absolute atomic E-state index is 12.0. The molecule has 1 saturated heterocycles. The number of carbonyl (C=O) groups excluding carboxylic acids is 1. The first-order chi connectivity index (χ1) is 8.77. The SMILES string of the molecule is CC(CNC(=O)C1CCNCC1)c1ccccc1.[HH]. The summed E-state index contributed by atoms with van der Waals surface area (Å²) in [5.41, 5.74) is 1.28. The Morgan fingerprint density at radius 1 is 1.39 bits per heavy atom. The van der Waals surface area contributed by atoms with Crippen molar-refractivity contribution in [2.45, 2.75) is 25.7 Å². The fourth-order valence-corrected chi connectivity index (χ4v) is 2.38. The van der Waals surface area contributed by atoms with E-state index in [0.717, 1.165) is 32.5 Å². The van der Waals surface area contributed by atoms with Crippen molar-refractivity contribution in [2.24, 2.45) is 5.92 Å². The molecule has 1 atom stereocenters. The van der Waals surface area contributed by atoms with Gasteiger partial charge in [0, 0.05) is 13.9 Å². The number of rotatable bonds is 4. The first-order valence-electron chi connectivity index (χ1n) is 6.80. The number of hydrogen-bond acceptors (Lipinski definition) is 2. The van der Waals surface area contributed by atoms with Crippen LogP contribution in [0.25, 0.3) is 0 Å². The zero-order valence-electron chi connectivity index (χ0n) is 11.0. The van der Waals surface area contributed by atoms with E-state index in [2.05, 4.69) is 29.7 Å². The van der Waals surface area contributed by atoms with Crippen molar-refractivity contribution in [3.63, 3.8) is 0 Å². The lowest BCUT2D eigenvalue weighted by Gasteiger charge is -2.22. The van der Waals surface area contributed by atoms with E-state index in [-0.39, 0.29) is 13.3 Å². The third-order valence-electron chi connectivity index (χ3n) is 3.66. The molecule has 0 bridgehead atoms. The van der Waals surface area contributed by atoms with E-state index < -0.39 is 0 Å². The molecule has 1 unspecified atom stereocenters. The zero-order chi connectivity index (χ0) is 12.8. The lowest BCUT2D eigenvalue weighted by Crippen LogP contribution is -2.39. The summed E-state index contributed by atoms with van der Waals surface area (Å²) in [6.07, 6.45) is 1.93. The van der Waals surface area contributed by atoms with Gasteiger partial charge in [0.1, 0.15) is 0 Å². The van der Waals surface area contributed by atoms with Crippen LogP contribution in [0.4, 0.5) is 0 Å². The quantitative estimate of drug-likeness (QED) is 0.857. The van der Waals surface area contributed by atoms with E-state index in [1.54, 1.807) is 0 Å². The van der Waals surface area contributed by atoms with Crippen LogP contribution in [0, 0.1) is 5.92 Å². The molecule has 1 aliphatic rings. The van der Waals surface area contributed by atoms with E-state index in [9.17, 15) is 4.79 Å². The molecule has 1 amide bonds. The summed E-state index contributed by atoms with van der Waals surface area (Å²) in [5.74, 6) is 0.797. The fourth-order valence-electron chi connectivity index (χ4n) is 2.38. The summed E-state index contributed by atoms with van der Waals surface area (Å²) in [4.78, 5) is 12.0. The Morgan fingerprint density at radius 2 is 2.06 bits per heavy atom. The molecule has 1 aromatic rings. The third-order valence-corrected chi connectivity index (χ3v) is 3.66. The number of piperidine rings is 1. The van der Waals surface area contributed by atoms with Gasteiger partial charge in [-0.15, -0.1) is 0 Å². The van der Waals surface area contributed by atoms with Gasteiger partial charge in [-0.25, -0.2) is 0 Å². The Bertz CT molecular complexity index is 377. The normalized spacial score (nSPS) is 18.3. The Labute approximate surface area is 110 Å². The summed E-state index contributed by atoms with van der Waals surface area (Å²) in [5, 5.41) is 6.36. The van der Waals surface area contributed by atoms with Gasteiger partial charge in [-0.3, -0.25) is 4.79 Å². The molecule has 100 valence electrons. The number of nitrogens with one attached hydrogen (secondary N) is 2. The summed E-state index contributed by atoms with van der Waals surface area (Å²) in [6.45, 7) is 4.81. The van der Waals surface area contributed by atoms with Crippen molar-refractivity contribution in [3.05, 3.63) is 35.9 Å². The Morgan fingerprint density at radius 3 is 2.72 bits per heavy atom. The van der Waals surface area contributed by atoms with Crippen LogP contribution in [0.1, 0.15) is 32.7 Å². The largest absolute Gasteiger partial charge is 0.355 e. The average Bonchev–Trinajstić information content (AvgIpc) is 2.46. The van der Waals surface area contributed by atoms with Crippen molar-refractivity contribution in [1.82, 2.24) is 10.6 Å². The van der Waals surface area contributed by atoms with Gasteiger partial charge < -0.3 is 10.6 Å². The molecule has 1 aromatic carbocycles. The molecule has 3 heteroatoms. The minimum Gasteiger partial charge on any atom is -0.355 e. The summed E-state index contributed by atoms with van der Waals surface area (Å²) < 4.78 is 0. The van der Waals surface area contributed by atoms with Crippen LogP contribution in [0.3, 0.4) is 0 Å². The smallest absolute Gasteiger partial charge is 0.223 e. The van der Waals surface area contributed by atoms with Crippen LogP contribution in [-0.2, 0) is 4.79 Å². The highest BCUT2D eigenvalue weighted by Gasteiger charge is 2.20. The number of hydrogen-bond donors (Lipinski definition) is 2. The van der Waals surface area contributed by atoms with Crippen LogP contribution in [0.5, 0.6) is 0 Å². The van der Waals surface area contributed by atoms with Gasteiger partial charge >= 0.3 is 0 Å². The maximum atomic E-state index is 12.0. The highest BCUT2D eigenvalue weighted by atomic mass is 16.1. The first-order valence-corrected chi connectivity index (χ1v) is 6.80. The van der Waals surface area contributed by atoms with Crippen LogP contribution in [0.2, 0.25) is 0 Å². The van der Waals surface area contributed by atoms with E-state index >= 15 is 0 Å². The van der Waals surface area contributed by atoms with Gasteiger partial charge in [0.2, 0.25) is 5.91 Å². The molecule has 0 aliphatic carbocycles. The van der Waals surface area contributed by atoms with Gasteiger partial charge in [0.25, 0.3) is 0 Å². The molecule has 0 saturated carbocycles. The molecular weight excluding hydrogens is 224 g/mol. The minimum atomic E-state index is 0. The van der Waals surface area contributed by atoms with E-state index in [1.807, 2.05) is 18.2 Å². The molecule has 1 heterocycles. The minimum absolute atomic E-state index is 0. The van der Waals surface area contributed by atoms with Gasteiger partial charge in [-0.1, -0.05) is 37.3 Å². The van der Waals surface area contributed by atoms with Crippen molar-refractivity contribution < 1.29 is 6.22 Å². The Balaban J connectivity index is 0.00000180. The van der Waals surface area contributed by atoms with Crippen molar-refractivity contribution >= 4 is 5.91 Å². The topological polar surface area (TPSA) is 41.1 Å². The zero-order valence-corrected chi connectivity index (χ0v) is 11.0. The molecule has 1 aliphatic heterocycles. The van der Waals surface area contributed by atoms with Crippen molar-refractivity contribution in [1.29, 1.82) is 0 Å². The molecule has 3 nitrogen and oxygen atoms in total. The molecule has 1 fully saturated rings. The Kier molecular flexibility index (Phi) is 4.76. The maximum Gasteiger partial charge on any atom is 0.223 e. The molecule has 18 heavy (non-hydrogen) atoms. The second kappa shape index (κ2) is 6.55. The van der Waals surface area contributed by atoms with Crippen molar-refractivity contribution in [2.75, 3.05) is 19.6 Å². The molecule has 0 spiro atoms. The van der Waals surface area contributed by atoms with Gasteiger partial charge in [0.05, 0.1) is 0 Å². The van der Waals surface area contributed by atoms with E-state index in [4.69, 9.17) is 0 Å². The number of amides is 1. The third kappa shape index (κ3) is 3.57. The first kappa shape index (κ1) is 13.1. The average molecular weight is 248 g/mol. The van der Waals surface area contributed by atoms with E-state index in [0.29, 0.717) is 5.92 Å². The standard InChI is InChI=1S/C15H22N2O.H2/c1-12(13-5-3-2-4-6-13)11-17-15(18)14-7-9-16-10-8-14;/h2-6,12,14,16H,7-11H2,1H3,(H,17,18);1H. The van der Waals surface area contributed by atoms with Crippen molar-refractivity contribution in [3.8, 4) is 0 Å². The van der Waals surface area contributed by atoms with Gasteiger partial charge in [-0.05, 0) is 37.4 Å². The predicted octanol–water partition coefficient (Wildman–Crippen LogP) is 2.15. The van der Waals surface area contributed by atoms with Crippen LogP contribution < -0.4 is 10.6 Å². The fraction of sp³-hybridized carbons (Fsp3) is 0.533. The summed E-state index contributed by atoms with van der Waals surface area (Å²) >= 11 is 0. The second-order valence-electron chi connectivity index (χ2n) is 5.08. The number of carbonyl (C=O) groups is 1. The second-order valence-corrected chi connectivity index (χ2v) is 5.08. The monoisotopic (exact) mass is 248 g/mol. The molecule has 0 aromatic heterocycles. The van der Waals surface area contributed by atoms with Crippen LogP contribution >= 0.6 is 0 Å². The molecule has 2 N–H and O–H groups in total. The summed E-state index contributed by atoms with van der Waals surface area (Å²) in [6, 6.07) is 10.3. The Hall–Kier alpha value is -1.35. The van der Waals surface area contributed by atoms with Crippen LogP contribution in [-0.4, -0.2) is 25.5 Å². The van der Waals surface area contributed by atoms with Crippen LogP contribution in [0.15, 0.2) is 30.3 Å². The number of benzene rings is 1. The molecule has 0 radical (unpaired) electrons. The highest BCUT2D eigenvalue weighted by molar-refractivity contribution is 5.78. The van der Waals surface area contributed by atoms with Gasteiger partial charge in [0.15, 0.2) is 0 Å².